The van der Waals surface area contributed by atoms with Gasteiger partial charge in [0, 0.05) is 19.8 Å². The predicted octanol–water partition coefficient (Wildman–Crippen LogP) is 2.89. The summed E-state index contributed by atoms with van der Waals surface area (Å²) in [6.45, 7) is 0.747. The lowest BCUT2D eigenvalue weighted by atomic mass is 10.1. The van der Waals surface area contributed by atoms with E-state index >= 15 is 0 Å². The first-order chi connectivity index (χ1) is 10.7. The van der Waals surface area contributed by atoms with Crippen molar-refractivity contribution >= 4 is 29.9 Å². The van der Waals surface area contributed by atoms with Gasteiger partial charge in [0.25, 0.3) is 0 Å². The number of aromatic nitrogens is 1. The quantitative estimate of drug-likeness (QED) is 0.434. The Bertz CT molecular complexity index is 649. The van der Waals surface area contributed by atoms with Crippen LogP contribution in [0.15, 0.2) is 47.6 Å². The highest BCUT2D eigenvalue weighted by Crippen LogP contribution is 2.06. The Morgan fingerprint density at radius 3 is 2.52 bits per heavy atom. The summed E-state index contributed by atoms with van der Waals surface area (Å²) in [5.74, 6) is -0.0685. The molecule has 0 saturated heterocycles. The molecule has 0 unspecified atom stereocenters. The van der Waals surface area contributed by atoms with Gasteiger partial charge < -0.3 is 10.6 Å². The summed E-state index contributed by atoms with van der Waals surface area (Å²) in [5, 5.41) is 6.03. The first-order valence-electron chi connectivity index (χ1n) is 6.98. The first-order valence-corrected chi connectivity index (χ1v) is 6.98. The second-order valence-corrected chi connectivity index (χ2v) is 4.63. The highest BCUT2D eigenvalue weighted by Gasteiger charge is 2.05. The Balaban J connectivity index is 0.00000264. The number of pyridine rings is 1. The predicted molar refractivity (Wildman–Crippen MR) is 97.9 cm³/mol. The lowest BCUT2D eigenvalue weighted by molar-refractivity contribution is 0.591. The molecule has 1 aromatic heterocycles. The molecule has 2 N–H and O–H groups in total. The lowest BCUT2D eigenvalue weighted by Gasteiger charge is -2.12. The minimum atomic E-state index is -0.364. The number of hydrogen-bond donors (Lipinski definition) is 2. The monoisotopic (exact) mass is 432 g/mol. The van der Waals surface area contributed by atoms with E-state index in [1.807, 2.05) is 0 Å². The Morgan fingerprint density at radius 1 is 1.09 bits per heavy atom. The van der Waals surface area contributed by atoms with E-state index in [2.05, 4.69) is 20.6 Å². The van der Waals surface area contributed by atoms with Gasteiger partial charge in [-0.1, -0.05) is 18.2 Å². The van der Waals surface area contributed by atoms with E-state index in [0.29, 0.717) is 30.2 Å². The summed E-state index contributed by atoms with van der Waals surface area (Å²) in [5.41, 5.74) is 0.959. The van der Waals surface area contributed by atoms with Crippen molar-refractivity contribution < 1.29 is 8.78 Å². The number of nitrogens with one attached hydrogen (secondary N) is 2. The highest BCUT2D eigenvalue weighted by molar-refractivity contribution is 14.0. The highest BCUT2D eigenvalue weighted by atomic mass is 127. The van der Waals surface area contributed by atoms with Gasteiger partial charge in [-0.15, -0.1) is 24.0 Å². The van der Waals surface area contributed by atoms with Gasteiger partial charge in [-0.3, -0.25) is 9.98 Å². The SMILES string of the molecule is CN=C(NCCc1ccccc1F)NCc1ncccc1F.I. The maximum Gasteiger partial charge on any atom is 0.191 e. The Labute approximate surface area is 151 Å². The third-order valence-corrected chi connectivity index (χ3v) is 3.13. The van der Waals surface area contributed by atoms with E-state index in [9.17, 15) is 8.78 Å². The normalized spacial score (nSPS) is 10.8. The van der Waals surface area contributed by atoms with Crippen molar-refractivity contribution in [2.45, 2.75) is 13.0 Å². The number of hydrogen-bond acceptors (Lipinski definition) is 2. The number of nitrogens with zero attached hydrogens (tertiary/aromatic N) is 2. The topological polar surface area (TPSA) is 49.3 Å². The number of rotatable bonds is 5. The van der Waals surface area contributed by atoms with Crippen LogP contribution in [0.1, 0.15) is 11.3 Å². The van der Waals surface area contributed by atoms with Crippen molar-refractivity contribution in [1.82, 2.24) is 15.6 Å². The fourth-order valence-corrected chi connectivity index (χ4v) is 1.95. The lowest BCUT2D eigenvalue weighted by Crippen LogP contribution is -2.38. The molecule has 0 atom stereocenters. The standard InChI is InChI=1S/C16H18F2N4.HI/c1-19-16(22-11-15-14(18)7-4-9-20-15)21-10-8-12-5-2-3-6-13(12)17;/h2-7,9H,8,10-11H2,1H3,(H2,19,21,22);1H. The molecule has 0 aliphatic carbocycles. The number of halogens is 3. The zero-order valence-electron chi connectivity index (χ0n) is 12.7. The summed E-state index contributed by atoms with van der Waals surface area (Å²) >= 11 is 0. The van der Waals surface area contributed by atoms with Crippen molar-refractivity contribution in [3.05, 3.63) is 65.5 Å². The van der Waals surface area contributed by atoms with Gasteiger partial charge in [0.05, 0.1) is 12.2 Å². The molecule has 0 fully saturated rings. The van der Waals surface area contributed by atoms with Crippen LogP contribution >= 0.6 is 24.0 Å². The van der Waals surface area contributed by atoms with Crippen molar-refractivity contribution in [3.63, 3.8) is 0 Å². The molecule has 124 valence electrons. The maximum absolute atomic E-state index is 13.5. The summed E-state index contributed by atoms with van der Waals surface area (Å²) < 4.78 is 26.9. The van der Waals surface area contributed by atoms with Crippen LogP contribution in [0.4, 0.5) is 8.78 Å². The molecule has 2 aromatic rings. The Morgan fingerprint density at radius 2 is 1.83 bits per heavy atom. The molecule has 0 amide bonds. The fraction of sp³-hybridized carbons (Fsp3) is 0.250. The second kappa shape index (κ2) is 10.1. The maximum atomic E-state index is 13.5. The number of benzene rings is 1. The molecule has 7 heteroatoms. The molecule has 0 aliphatic heterocycles. The third kappa shape index (κ3) is 6.09. The van der Waals surface area contributed by atoms with E-state index in [-0.39, 0.29) is 42.2 Å². The zero-order chi connectivity index (χ0) is 15.8. The average molecular weight is 432 g/mol. The molecule has 23 heavy (non-hydrogen) atoms. The molecule has 1 heterocycles. The van der Waals surface area contributed by atoms with Crippen LogP contribution in [0.3, 0.4) is 0 Å². The number of guanidine groups is 1. The van der Waals surface area contributed by atoms with Gasteiger partial charge in [-0.2, -0.15) is 0 Å². The van der Waals surface area contributed by atoms with Crippen LogP contribution in [0, 0.1) is 11.6 Å². The van der Waals surface area contributed by atoms with E-state index in [1.165, 1.54) is 18.3 Å². The zero-order valence-corrected chi connectivity index (χ0v) is 15.1. The molecule has 4 nitrogen and oxygen atoms in total. The van der Waals surface area contributed by atoms with Crippen LogP contribution in [0.25, 0.3) is 0 Å². The Hall–Kier alpha value is -1.77. The van der Waals surface area contributed by atoms with Crippen LogP contribution in [-0.2, 0) is 13.0 Å². The van der Waals surface area contributed by atoms with Gasteiger partial charge in [0.2, 0.25) is 0 Å². The third-order valence-electron chi connectivity index (χ3n) is 3.13. The Kier molecular flexibility index (Phi) is 8.46. The molecule has 0 bridgehead atoms. The van der Waals surface area contributed by atoms with Crippen molar-refractivity contribution in [3.8, 4) is 0 Å². The molecule has 0 aliphatic rings. The summed E-state index contributed by atoms with van der Waals surface area (Å²) in [4.78, 5) is 7.99. The average Bonchev–Trinajstić information content (AvgIpc) is 2.54. The van der Waals surface area contributed by atoms with Crippen LogP contribution in [0.5, 0.6) is 0 Å². The molecular formula is C16H19F2IN4. The van der Waals surface area contributed by atoms with E-state index in [0.717, 1.165) is 0 Å². The summed E-state index contributed by atoms with van der Waals surface area (Å²) in [7, 11) is 1.62. The molecule has 0 spiro atoms. The first kappa shape index (κ1) is 19.3. The van der Waals surface area contributed by atoms with Crippen molar-refractivity contribution in [2.75, 3.05) is 13.6 Å². The largest absolute Gasteiger partial charge is 0.356 e. The number of aliphatic imine (C=N–C) groups is 1. The van der Waals surface area contributed by atoms with Gasteiger partial charge >= 0.3 is 0 Å². The summed E-state index contributed by atoms with van der Waals surface area (Å²) in [6, 6.07) is 9.55. The van der Waals surface area contributed by atoms with Gasteiger partial charge in [-0.25, -0.2) is 8.78 Å². The van der Waals surface area contributed by atoms with E-state index in [4.69, 9.17) is 0 Å². The van der Waals surface area contributed by atoms with E-state index in [1.54, 1.807) is 31.3 Å². The molecule has 0 saturated carbocycles. The van der Waals surface area contributed by atoms with Gasteiger partial charge in [-0.05, 0) is 30.2 Å². The van der Waals surface area contributed by atoms with Crippen molar-refractivity contribution in [2.24, 2.45) is 4.99 Å². The van der Waals surface area contributed by atoms with Gasteiger partial charge in [0.1, 0.15) is 11.6 Å². The van der Waals surface area contributed by atoms with Crippen LogP contribution < -0.4 is 10.6 Å². The molecule has 0 radical (unpaired) electrons. The van der Waals surface area contributed by atoms with E-state index < -0.39 is 0 Å². The second-order valence-electron chi connectivity index (χ2n) is 4.63. The van der Waals surface area contributed by atoms with Crippen molar-refractivity contribution in [1.29, 1.82) is 0 Å². The fourth-order valence-electron chi connectivity index (χ4n) is 1.95. The minimum Gasteiger partial charge on any atom is -0.356 e. The van der Waals surface area contributed by atoms with Crippen LogP contribution in [-0.4, -0.2) is 24.5 Å². The smallest absolute Gasteiger partial charge is 0.191 e. The van der Waals surface area contributed by atoms with Crippen LogP contribution in [0.2, 0.25) is 0 Å². The minimum absolute atomic E-state index is 0. The molecular weight excluding hydrogens is 413 g/mol. The molecule has 1 aromatic carbocycles. The van der Waals surface area contributed by atoms with Gasteiger partial charge in [0.15, 0.2) is 5.96 Å². The summed E-state index contributed by atoms with van der Waals surface area (Å²) in [6.07, 6.45) is 2.07. The molecule has 2 rings (SSSR count).